The Hall–Kier alpha value is -2.00. The Kier molecular flexibility index (Phi) is 4.42. The van der Waals surface area contributed by atoms with Gasteiger partial charge in [0.1, 0.15) is 0 Å². The molecule has 0 amide bonds. The Morgan fingerprint density at radius 1 is 0.947 bits per heavy atom. The van der Waals surface area contributed by atoms with Crippen LogP contribution in [0.5, 0.6) is 11.5 Å². The third kappa shape index (κ3) is 2.88. The van der Waals surface area contributed by atoms with Gasteiger partial charge in [0, 0.05) is 6.54 Å². The highest BCUT2D eigenvalue weighted by atomic mass is 16.5. The van der Waals surface area contributed by atoms with Crippen LogP contribution in [0.25, 0.3) is 11.1 Å². The number of hydrogen-bond acceptors (Lipinski definition) is 3. The average molecular weight is 257 g/mol. The molecule has 0 atom stereocenters. The lowest BCUT2D eigenvalue weighted by molar-refractivity contribution is 0.355. The molecular weight excluding hydrogens is 238 g/mol. The molecule has 0 heterocycles. The molecule has 3 heteroatoms. The van der Waals surface area contributed by atoms with E-state index in [1.807, 2.05) is 25.2 Å². The Balaban J connectivity index is 2.47. The molecule has 0 spiro atoms. The summed E-state index contributed by atoms with van der Waals surface area (Å²) in [7, 11) is 5.25. The summed E-state index contributed by atoms with van der Waals surface area (Å²) < 4.78 is 10.6. The van der Waals surface area contributed by atoms with E-state index >= 15 is 0 Å². The van der Waals surface area contributed by atoms with Crippen LogP contribution in [-0.2, 0) is 6.54 Å². The van der Waals surface area contributed by atoms with Gasteiger partial charge in [0.15, 0.2) is 11.5 Å². The van der Waals surface area contributed by atoms with E-state index in [9.17, 15) is 0 Å². The largest absolute Gasteiger partial charge is 0.493 e. The fourth-order valence-corrected chi connectivity index (χ4v) is 2.15. The SMILES string of the molecule is CNCc1ccccc1-c1ccc(OC)c(OC)c1. The molecule has 100 valence electrons. The summed E-state index contributed by atoms with van der Waals surface area (Å²) in [5.74, 6) is 1.50. The van der Waals surface area contributed by atoms with Gasteiger partial charge in [-0.05, 0) is 35.9 Å². The van der Waals surface area contributed by atoms with Crippen molar-refractivity contribution in [1.82, 2.24) is 5.32 Å². The van der Waals surface area contributed by atoms with Crippen molar-refractivity contribution in [2.24, 2.45) is 0 Å². The normalized spacial score (nSPS) is 10.3. The maximum absolute atomic E-state index is 5.36. The predicted molar refractivity (Wildman–Crippen MR) is 77.7 cm³/mol. The minimum Gasteiger partial charge on any atom is -0.493 e. The van der Waals surface area contributed by atoms with Crippen LogP contribution in [-0.4, -0.2) is 21.3 Å². The molecule has 19 heavy (non-hydrogen) atoms. The Morgan fingerprint density at radius 3 is 2.37 bits per heavy atom. The molecule has 3 nitrogen and oxygen atoms in total. The number of rotatable bonds is 5. The van der Waals surface area contributed by atoms with Crippen LogP contribution in [0.15, 0.2) is 42.5 Å². The molecular formula is C16H19NO2. The molecule has 0 fully saturated rings. The molecule has 0 bridgehead atoms. The number of ether oxygens (including phenoxy) is 2. The van der Waals surface area contributed by atoms with E-state index in [0.717, 1.165) is 23.6 Å². The van der Waals surface area contributed by atoms with Gasteiger partial charge in [-0.15, -0.1) is 0 Å². The lowest BCUT2D eigenvalue weighted by atomic mass is 9.99. The van der Waals surface area contributed by atoms with E-state index in [2.05, 4.69) is 29.6 Å². The Labute approximate surface area is 114 Å². The van der Waals surface area contributed by atoms with Gasteiger partial charge in [-0.2, -0.15) is 0 Å². The molecule has 0 saturated carbocycles. The van der Waals surface area contributed by atoms with Crippen molar-refractivity contribution >= 4 is 0 Å². The lowest BCUT2D eigenvalue weighted by Gasteiger charge is -2.12. The van der Waals surface area contributed by atoms with Gasteiger partial charge in [-0.25, -0.2) is 0 Å². The first-order chi connectivity index (χ1) is 9.30. The topological polar surface area (TPSA) is 30.5 Å². The second-order valence-corrected chi connectivity index (χ2v) is 4.26. The molecule has 1 N–H and O–H groups in total. The summed E-state index contributed by atoms with van der Waals surface area (Å²) in [4.78, 5) is 0. The van der Waals surface area contributed by atoms with Gasteiger partial charge < -0.3 is 14.8 Å². The van der Waals surface area contributed by atoms with E-state index in [0.29, 0.717) is 0 Å². The molecule has 0 unspecified atom stereocenters. The van der Waals surface area contributed by atoms with Crippen LogP contribution >= 0.6 is 0 Å². The molecule has 2 aromatic carbocycles. The van der Waals surface area contributed by atoms with Crippen molar-refractivity contribution in [2.75, 3.05) is 21.3 Å². The first-order valence-electron chi connectivity index (χ1n) is 6.25. The molecule has 0 aliphatic carbocycles. The van der Waals surface area contributed by atoms with Gasteiger partial charge in [-0.1, -0.05) is 30.3 Å². The zero-order chi connectivity index (χ0) is 13.7. The van der Waals surface area contributed by atoms with E-state index in [1.54, 1.807) is 14.2 Å². The maximum atomic E-state index is 5.36. The summed E-state index contributed by atoms with van der Waals surface area (Å²) in [5.41, 5.74) is 3.60. The summed E-state index contributed by atoms with van der Waals surface area (Å²) in [6, 6.07) is 14.3. The second kappa shape index (κ2) is 6.25. The maximum Gasteiger partial charge on any atom is 0.161 e. The van der Waals surface area contributed by atoms with Gasteiger partial charge in [0.05, 0.1) is 14.2 Å². The zero-order valence-electron chi connectivity index (χ0n) is 11.6. The smallest absolute Gasteiger partial charge is 0.161 e. The Morgan fingerprint density at radius 2 is 1.68 bits per heavy atom. The minimum atomic E-state index is 0.748. The van der Waals surface area contributed by atoms with E-state index in [-0.39, 0.29) is 0 Å². The van der Waals surface area contributed by atoms with Crippen LogP contribution in [0.2, 0.25) is 0 Å². The van der Waals surface area contributed by atoms with Crippen molar-refractivity contribution in [3.05, 3.63) is 48.0 Å². The van der Waals surface area contributed by atoms with Crippen molar-refractivity contribution in [3.8, 4) is 22.6 Å². The number of methoxy groups -OCH3 is 2. The van der Waals surface area contributed by atoms with Crippen LogP contribution in [0.4, 0.5) is 0 Å². The molecule has 0 radical (unpaired) electrons. The highest BCUT2D eigenvalue weighted by Crippen LogP contribution is 2.33. The molecule has 0 aromatic heterocycles. The van der Waals surface area contributed by atoms with Gasteiger partial charge in [0.25, 0.3) is 0 Å². The molecule has 0 aliphatic rings. The summed E-state index contributed by atoms with van der Waals surface area (Å²) in [6.45, 7) is 0.838. The Bertz CT molecular complexity index is 552. The number of hydrogen-bond donors (Lipinski definition) is 1. The minimum absolute atomic E-state index is 0.748. The first-order valence-corrected chi connectivity index (χ1v) is 6.25. The third-order valence-corrected chi connectivity index (χ3v) is 3.08. The summed E-state index contributed by atoms with van der Waals surface area (Å²) in [5, 5.41) is 3.19. The fraction of sp³-hybridized carbons (Fsp3) is 0.250. The first kappa shape index (κ1) is 13.4. The van der Waals surface area contributed by atoms with Crippen molar-refractivity contribution in [3.63, 3.8) is 0 Å². The van der Waals surface area contributed by atoms with Crippen molar-refractivity contribution in [1.29, 1.82) is 0 Å². The quantitative estimate of drug-likeness (QED) is 0.893. The standard InChI is InChI=1S/C16H19NO2/c1-17-11-13-6-4-5-7-14(13)12-8-9-15(18-2)16(10-12)19-3/h4-10,17H,11H2,1-3H3. The molecule has 0 aliphatic heterocycles. The van der Waals surface area contributed by atoms with E-state index < -0.39 is 0 Å². The number of nitrogens with one attached hydrogen (secondary N) is 1. The lowest BCUT2D eigenvalue weighted by Crippen LogP contribution is -2.06. The van der Waals surface area contributed by atoms with Crippen LogP contribution < -0.4 is 14.8 Å². The average Bonchev–Trinajstić information content (AvgIpc) is 2.47. The van der Waals surface area contributed by atoms with E-state index in [4.69, 9.17) is 9.47 Å². The van der Waals surface area contributed by atoms with Crippen LogP contribution in [0, 0.1) is 0 Å². The summed E-state index contributed by atoms with van der Waals surface area (Å²) in [6.07, 6.45) is 0. The number of benzene rings is 2. The zero-order valence-corrected chi connectivity index (χ0v) is 11.6. The predicted octanol–water partition coefficient (Wildman–Crippen LogP) is 3.09. The highest BCUT2D eigenvalue weighted by molar-refractivity contribution is 5.70. The van der Waals surface area contributed by atoms with Gasteiger partial charge >= 0.3 is 0 Å². The second-order valence-electron chi connectivity index (χ2n) is 4.26. The fourth-order valence-electron chi connectivity index (χ4n) is 2.15. The highest BCUT2D eigenvalue weighted by Gasteiger charge is 2.08. The molecule has 0 saturated heterocycles. The van der Waals surface area contributed by atoms with Crippen molar-refractivity contribution in [2.45, 2.75) is 6.54 Å². The molecule has 2 rings (SSSR count). The monoisotopic (exact) mass is 257 g/mol. The van der Waals surface area contributed by atoms with Crippen LogP contribution in [0.1, 0.15) is 5.56 Å². The third-order valence-electron chi connectivity index (χ3n) is 3.08. The van der Waals surface area contributed by atoms with Gasteiger partial charge in [-0.3, -0.25) is 0 Å². The van der Waals surface area contributed by atoms with Crippen molar-refractivity contribution < 1.29 is 9.47 Å². The molecule has 2 aromatic rings. The summed E-state index contributed by atoms with van der Waals surface area (Å²) >= 11 is 0. The van der Waals surface area contributed by atoms with Gasteiger partial charge in [0.2, 0.25) is 0 Å². The van der Waals surface area contributed by atoms with E-state index in [1.165, 1.54) is 11.1 Å². The van der Waals surface area contributed by atoms with Crippen LogP contribution in [0.3, 0.4) is 0 Å².